The van der Waals surface area contributed by atoms with Crippen LogP contribution in [-0.2, 0) is 21.1 Å². The first kappa shape index (κ1) is 8.47. The van der Waals surface area contributed by atoms with Crippen LogP contribution in [0.2, 0.25) is 0 Å². The molecular weight excluding hydrogens is 291 g/mol. The van der Waals surface area contributed by atoms with E-state index in [0.29, 0.717) is 0 Å². The third kappa shape index (κ3) is 2.49. The molecule has 47 valence electrons. The Hall–Kier alpha value is -0.532. The van der Waals surface area contributed by atoms with Crippen LogP contribution in [0.3, 0.4) is 0 Å². The standard InChI is InChI=1S/C8H5.Pt/c1-2-8-6-4-3-5-7-8;/h3-7H;. The van der Waals surface area contributed by atoms with Crippen LogP contribution in [-0.4, -0.2) is 0 Å². The number of benzene rings is 1. The van der Waals surface area contributed by atoms with Gasteiger partial charge >= 0.3 is 0 Å². The number of hydrogen-bond acceptors (Lipinski definition) is 0. The summed E-state index contributed by atoms with van der Waals surface area (Å²) >= 11 is 0. The summed E-state index contributed by atoms with van der Waals surface area (Å²) in [5.74, 6) is 2.28. The van der Waals surface area contributed by atoms with Gasteiger partial charge in [-0.1, -0.05) is 24.1 Å². The Morgan fingerprint density at radius 1 is 1.11 bits per heavy atom. The second kappa shape index (κ2) is 4.36. The van der Waals surface area contributed by atoms with E-state index in [-0.39, 0.29) is 21.1 Å². The Labute approximate surface area is 69.5 Å². The molecular formula is C8H5Pt. The van der Waals surface area contributed by atoms with E-state index in [1.807, 2.05) is 30.3 Å². The maximum atomic E-state index is 6.69. The molecule has 1 heteroatoms. The molecule has 0 nitrogen and oxygen atoms in total. The van der Waals surface area contributed by atoms with Gasteiger partial charge in [-0.05, 0) is 18.6 Å². The van der Waals surface area contributed by atoms with Crippen molar-refractivity contribution in [3.05, 3.63) is 42.3 Å². The van der Waals surface area contributed by atoms with E-state index in [9.17, 15) is 0 Å². The van der Waals surface area contributed by atoms with Crippen molar-refractivity contribution in [2.24, 2.45) is 0 Å². The zero-order valence-corrected chi connectivity index (χ0v) is 6.98. The van der Waals surface area contributed by atoms with Crippen molar-refractivity contribution in [1.29, 1.82) is 0 Å². The Kier molecular flexibility index (Phi) is 4.10. The zero-order valence-electron chi connectivity index (χ0n) is 4.70. The predicted molar refractivity (Wildman–Crippen MR) is 32.7 cm³/mol. The summed E-state index contributed by atoms with van der Waals surface area (Å²) in [6.45, 7) is 0. The minimum atomic E-state index is 0. The fraction of sp³-hybridized carbons (Fsp3) is 0. The van der Waals surface area contributed by atoms with Crippen LogP contribution < -0.4 is 0 Å². The summed E-state index contributed by atoms with van der Waals surface area (Å²) in [7, 11) is 0. The van der Waals surface area contributed by atoms with E-state index in [1.165, 1.54) is 0 Å². The first-order valence-corrected chi connectivity index (χ1v) is 2.41. The van der Waals surface area contributed by atoms with E-state index in [1.54, 1.807) is 0 Å². The largest absolute Gasteiger partial charge is 0.0622 e. The maximum absolute atomic E-state index is 6.69. The summed E-state index contributed by atoms with van der Waals surface area (Å²) in [5.41, 5.74) is 0.826. The number of rotatable bonds is 0. The Balaban J connectivity index is 0.000000640. The van der Waals surface area contributed by atoms with Crippen LogP contribution in [0, 0.1) is 12.3 Å². The Morgan fingerprint density at radius 3 is 2.00 bits per heavy atom. The van der Waals surface area contributed by atoms with Crippen molar-refractivity contribution in [2.45, 2.75) is 0 Å². The van der Waals surface area contributed by atoms with E-state index in [0.717, 1.165) is 5.56 Å². The molecule has 0 bridgehead atoms. The Bertz CT molecular complexity index is 196. The van der Waals surface area contributed by atoms with Crippen LogP contribution >= 0.6 is 0 Å². The van der Waals surface area contributed by atoms with Gasteiger partial charge in [-0.2, -0.15) is 0 Å². The van der Waals surface area contributed by atoms with Crippen LogP contribution in [0.4, 0.5) is 0 Å². The quantitative estimate of drug-likeness (QED) is 0.638. The van der Waals surface area contributed by atoms with Gasteiger partial charge in [0.1, 0.15) is 0 Å². The van der Waals surface area contributed by atoms with E-state index >= 15 is 0 Å². The fourth-order valence-corrected chi connectivity index (χ4v) is 0.521. The molecule has 0 unspecified atom stereocenters. The maximum Gasteiger partial charge on any atom is 0.0255 e. The van der Waals surface area contributed by atoms with Gasteiger partial charge in [-0.15, -0.1) is 0 Å². The molecule has 1 radical (unpaired) electrons. The zero-order chi connectivity index (χ0) is 5.82. The van der Waals surface area contributed by atoms with Gasteiger partial charge in [-0.3, -0.25) is 0 Å². The van der Waals surface area contributed by atoms with Crippen molar-refractivity contribution >= 4 is 0 Å². The van der Waals surface area contributed by atoms with E-state index in [4.69, 9.17) is 6.42 Å². The average Bonchev–Trinajstić information content (AvgIpc) is 1.90. The Morgan fingerprint density at radius 2 is 1.67 bits per heavy atom. The molecule has 0 amide bonds. The summed E-state index contributed by atoms with van der Waals surface area (Å²) < 4.78 is 0. The van der Waals surface area contributed by atoms with Gasteiger partial charge in [-0.25, -0.2) is 0 Å². The molecule has 0 heterocycles. The molecule has 0 aliphatic carbocycles. The van der Waals surface area contributed by atoms with Crippen molar-refractivity contribution in [3.63, 3.8) is 0 Å². The van der Waals surface area contributed by atoms with E-state index < -0.39 is 0 Å². The molecule has 0 N–H and O–H groups in total. The molecule has 0 aromatic heterocycles. The van der Waals surface area contributed by atoms with Crippen LogP contribution in [0.15, 0.2) is 30.3 Å². The third-order valence-electron chi connectivity index (χ3n) is 0.918. The third-order valence-corrected chi connectivity index (χ3v) is 0.918. The van der Waals surface area contributed by atoms with Crippen LogP contribution in [0.5, 0.6) is 0 Å². The molecule has 1 aromatic carbocycles. The second-order valence-corrected chi connectivity index (χ2v) is 1.49. The summed E-state index contributed by atoms with van der Waals surface area (Å²) in [5, 5.41) is 0. The molecule has 1 aromatic rings. The van der Waals surface area contributed by atoms with Gasteiger partial charge in [0.15, 0.2) is 0 Å². The fourth-order valence-electron chi connectivity index (χ4n) is 0.521. The smallest absolute Gasteiger partial charge is 0.0255 e. The predicted octanol–water partition coefficient (Wildman–Crippen LogP) is 1.62. The molecule has 0 aliphatic rings. The van der Waals surface area contributed by atoms with Gasteiger partial charge in [0, 0.05) is 26.6 Å². The minimum absolute atomic E-state index is 0. The molecule has 0 fully saturated rings. The summed E-state index contributed by atoms with van der Waals surface area (Å²) in [6, 6.07) is 9.37. The van der Waals surface area contributed by atoms with Gasteiger partial charge in [0.25, 0.3) is 0 Å². The van der Waals surface area contributed by atoms with Crippen LogP contribution in [0.1, 0.15) is 5.56 Å². The first-order chi connectivity index (χ1) is 3.93. The molecule has 9 heavy (non-hydrogen) atoms. The number of hydrogen-bond donors (Lipinski definition) is 0. The molecule has 0 saturated heterocycles. The molecule has 0 aliphatic heterocycles. The minimum Gasteiger partial charge on any atom is -0.0622 e. The van der Waals surface area contributed by atoms with Gasteiger partial charge in [0.2, 0.25) is 0 Å². The average molecular weight is 296 g/mol. The molecule has 1 rings (SSSR count). The van der Waals surface area contributed by atoms with Gasteiger partial charge < -0.3 is 0 Å². The van der Waals surface area contributed by atoms with Crippen molar-refractivity contribution in [2.75, 3.05) is 0 Å². The summed E-state index contributed by atoms with van der Waals surface area (Å²) in [6.07, 6.45) is 6.69. The summed E-state index contributed by atoms with van der Waals surface area (Å²) in [4.78, 5) is 0. The molecule has 0 atom stereocenters. The van der Waals surface area contributed by atoms with Crippen molar-refractivity contribution in [1.82, 2.24) is 0 Å². The van der Waals surface area contributed by atoms with E-state index in [2.05, 4.69) is 5.92 Å². The van der Waals surface area contributed by atoms with Crippen LogP contribution in [0.25, 0.3) is 0 Å². The van der Waals surface area contributed by atoms with Crippen molar-refractivity contribution < 1.29 is 21.1 Å². The second-order valence-electron chi connectivity index (χ2n) is 1.49. The van der Waals surface area contributed by atoms with Gasteiger partial charge in [0.05, 0.1) is 0 Å². The van der Waals surface area contributed by atoms with Crippen molar-refractivity contribution in [3.8, 4) is 5.92 Å². The monoisotopic (exact) mass is 296 g/mol. The SMILES string of the molecule is [C]#Cc1ccccc1.[Pt]. The molecule has 0 spiro atoms. The normalized spacial score (nSPS) is 7.00. The first-order valence-electron chi connectivity index (χ1n) is 2.41. The topological polar surface area (TPSA) is 0 Å². The molecule has 0 saturated carbocycles.